The van der Waals surface area contributed by atoms with Gasteiger partial charge >= 0.3 is 12.1 Å². The van der Waals surface area contributed by atoms with Crippen LogP contribution in [0.5, 0.6) is 0 Å². The molecule has 0 aliphatic carbocycles. The van der Waals surface area contributed by atoms with Crippen LogP contribution < -0.4 is 16.0 Å². The van der Waals surface area contributed by atoms with Gasteiger partial charge in [0.25, 0.3) is 0 Å². The lowest BCUT2D eigenvalue weighted by atomic mass is 10.2. The van der Waals surface area contributed by atoms with Crippen molar-refractivity contribution in [3.05, 3.63) is 0 Å². The molecule has 132 valence electrons. The molecule has 0 spiro atoms. The predicted molar refractivity (Wildman–Crippen MR) is 81.5 cm³/mol. The molecule has 9 nitrogen and oxygen atoms in total. The van der Waals surface area contributed by atoms with Gasteiger partial charge in [0, 0.05) is 6.54 Å². The molecule has 0 aliphatic heterocycles. The molecule has 0 radical (unpaired) electrons. The first-order valence-corrected chi connectivity index (χ1v) is 7.16. The Labute approximate surface area is 135 Å². The number of ether oxygens (including phenoxy) is 2. The van der Waals surface area contributed by atoms with Crippen molar-refractivity contribution in [1.82, 2.24) is 16.0 Å². The highest BCUT2D eigenvalue weighted by Crippen LogP contribution is 2.06. The number of carbonyl (C=O) groups excluding carboxylic acids is 4. The van der Waals surface area contributed by atoms with Gasteiger partial charge in [-0.3, -0.25) is 14.4 Å². The van der Waals surface area contributed by atoms with Crippen molar-refractivity contribution in [2.75, 3.05) is 20.2 Å². The van der Waals surface area contributed by atoms with Crippen LogP contribution in [-0.2, 0) is 23.9 Å². The van der Waals surface area contributed by atoms with Gasteiger partial charge in [-0.1, -0.05) is 0 Å². The van der Waals surface area contributed by atoms with Crippen LogP contribution >= 0.6 is 0 Å². The molecule has 0 aromatic heterocycles. The fourth-order valence-corrected chi connectivity index (χ4v) is 1.34. The Bertz CT molecular complexity index is 444. The standard InChI is InChI=1S/C14H25N3O6/c1-9(17-13(21)23-14(2,3)4)12(20)16-8-10(18)15-7-6-11(19)22-5/h9H,6-8H2,1-5H3,(H,15,18)(H,16,20)(H,17,21)/t9-/m0/s1. The van der Waals surface area contributed by atoms with Crippen LogP contribution in [-0.4, -0.2) is 55.7 Å². The van der Waals surface area contributed by atoms with E-state index in [1.807, 2.05) is 0 Å². The van der Waals surface area contributed by atoms with Crippen molar-refractivity contribution >= 4 is 23.9 Å². The first-order chi connectivity index (χ1) is 10.5. The van der Waals surface area contributed by atoms with Crippen LogP contribution in [0.2, 0.25) is 0 Å². The number of hydrogen-bond donors (Lipinski definition) is 3. The molecule has 0 saturated carbocycles. The number of carbonyl (C=O) groups is 4. The number of esters is 1. The van der Waals surface area contributed by atoms with Gasteiger partial charge in [-0.25, -0.2) is 4.79 Å². The monoisotopic (exact) mass is 331 g/mol. The number of nitrogens with one attached hydrogen (secondary N) is 3. The Kier molecular flexibility index (Phi) is 8.67. The average Bonchev–Trinajstić information content (AvgIpc) is 2.42. The van der Waals surface area contributed by atoms with E-state index in [1.54, 1.807) is 20.8 Å². The van der Waals surface area contributed by atoms with Crippen LogP contribution in [0.4, 0.5) is 4.79 Å². The topological polar surface area (TPSA) is 123 Å². The third-order valence-electron chi connectivity index (χ3n) is 2.43. The van der Waals surface area contributed by atoms with Gasteiger partial charge in [-0.2, -0.15) is 0 Å². The van der Waals surface area contributed by atoms with E-state index in [0.29, 0.717) is 0 Å². The second-order valence-electron chi connectivity index (χ2n) is 5.76. The summed E-state index contributed by atoms with van der Waals surface area (Å²) in [4.78, 5) is 45.6. The van der Waals surface area contributed by atoms with E-state index in [1.165, 1.54) is 14.0 Å². The summed E-state index contributed by atoms with van der Waals surface area (Å²) < 4.78 is 9.44. The van der Waals surface area contributed by atoms with Crippen molar-refractivity contribution < 1.29 is 28.7 Å². The van der Waals surface area contributed by atoms with E-state index < -0.39 is 35.5 Å². The smallest absolute Gasteiger partial charge is 0.408 e. The first kappa shape index (κ1) is 20.7. The van der Waals surface area contributed by atoms with E-state index in [0.717, 1.165) is 0 Å². The largest absolute Gasteiger partial charge is 0.469 e. The third kappa shape index (κ3) is 11.0. The third-order valence-corrected chi connectivity index (χ3v) is 2.43. The minimum absolute atomic E-state index is 0.0484. The SMILES string of the molecule is COC(=O)CCNC(=O)CNC(=O)[C@H](C)NC(=O)OC(C)(C)C. The van der Waals surface area contributed by atoms with Crippen LogP contribution in [0.3, 0.4) is 0 Å². The van der Waals surface area contributed by atoms with Gasteiger partial charge in [0.2, 0.25) is 11.8 Å². The zero-order valence-corrected chi connectivity index (χ0v) is 14.1. The summed E-state index contributed by atoms with van der Waals surface area (Å²) >= 11 is 0. The second-order valence-corrected chi connectivity index (χ2v) is 5.76. The van der Waals surface area contributed by atoms with Crippen LogP contribution in [0.25, 0.3) is 0 Å². The molecule has 1 atom stereocenters. The summed E-state index contributed by atoms with van der Waals surface area (Å²) in [7, 11) is 1.25. The highest BCUT2D eigenvalue weighted by molar-refractivity contribution is 5.89. The van der Waals surface area contributed by atoms with E-state index >= 15 is 0 Å². The van der Waals surface area contributed by atoms with Crippen LogP contribution in [0.15, 0.2) is 0 Å². The fourth-order valence-electron chi connectivity index (χ4n) is 1.34. The molecule has 3 N–H and O–H groups in total. The molecule has 3 amide bonds. The predicted octanol–water partition coefficient (Wildman–Crippen LogP) is -0.305. The van der Waals surface area contributed by atoms with Gasteiger partial charge in [0.1, 0.15) is 11.6 Å². The zero-order chi connectivity index (χ0) is 18.0. The Balaban J connectivity index is 4.02. The number of hydrogen-bond acceptors (Lipinski definition) is 6. The highest BCUT2D eigenvalue weighted by Gasteiger charge is 2.21. The van der Waals surface area contributed by atoms with Gasteiger partial charge in [0.05, 0.1) is 20.1 Å². The molecule has 0 fully saturated rings. The van der Waals surface area contributed by atoms with Crippen molar-refractivity contribution in [2.24, 2.45) is 0 Å². The summed E-state index contributed by atoms with van der Waals surface area (Å²) in [5.41, 5.74) is -0.667. The Morgan fingerprint density at radius 2 is 1.70 bits per heavy atom. The summed E-state index contributed by atoms with van der Waals surface area (Å²) in [5, 5.41) is 7.17. The molecule has 0 saturated heterocycles. The van der Waals surface area contributed by atoms with Crippen molar-refractivity contribution in [3.63, 3.8) is 0 Å². The summed E-state index contributed by atoms with van der Waals surface area (Å²) in [6.07, 6.45) is -0.671. The molecule has 0 bridgehead atoms. The quantitative estimate of drug-likeness (QED) is 0.550. The molecule has 23 heavy (non-hydrogen) atoms. The molecule has 0 aromatic carbocycles. The number of amides is 3. The lowest BCUT2D eigenvalue weighted by Gasteiger charge is -2.21. The second kappa shape index (κ2) is 9.65. The van der Waals surface area contributed by atoms with Gasteiger partial charge in [0.15, 0.2) is 0 Å². The lowest BCUT2D eigenvalue weighted by Crippen LogP contribution is -2.48. The molecule has 0 heterocycles. The summed E-state index contributed by atoms with van der Waals surface area (Å²) in [5.74, 6) is -1.42. The lowest BCUT2D eigenvalue weighted by molar-refractivity contribution is -0.140. The van der Waals surface area contributed by atoms with Gasteiger partial charge < -0.3 is 25.4 Å². The Hall–Kier alpha value is -2.32. The molecular formula is C14H25N3O6. The fraction of sp³-hybridized carbons (Fsp3) is 0.714. The minimum atomic E-state index is -0.854. The molecule has 0 rings (SSSR count). The van der Waals surface area contributed by atoms with Gasteiger partial charge in [-0.15, -0.1) is 0 Å². The Morgan fingerprint density at radius 3 is 2.22 bits per heavy atom. The van der Waals surface area contributed by atoms with Crippen LogP contribution in [0.1, 0.15) is 34.1 Å². The molecule has 0 aromatic rings. The zero-order valence-electron chi connectivity index (χ0n) is 14.1. The summed E-state index contributed by atoms with van der Waals surface area (Å²) in [6, 6.07) is -0.854. The van der Waals surface area contributed by atoms with Crippen molar-refractivity contribution in [2.45, 2.75) is 45.8 Å². The number of methoxy groups -OCH3 is 1. The maximum absolute atomic E-state index is 11.7. The molecule has 0 aliphatic rings. The van der Waals surface area contributed by atoms with E-state index in [4.69, 9.17) is 4.74 Å². The van der Waals surface area contributed by atoms with Crippen LogP contribution in [0, 0.1) is 0 Å². The maximum Gasteiger partial charge on any atom is 0.408 e. The van der Waals surface area contributed by atoms with E-state index in [9.17, 15) is 19.2 Å². The first-order valence-electron chi connectivity index (χ1n) is 7.16. The van der Waals surface area contributed by atoms with Crippen molar-refractivity contribution in [1.29, 1.82) is 0 Å². The van der Waals surface area contributed by atoms with E-state index in [2.05, 4.69) is 20.7 Å². The average molecular weight is 331 g/mol. The normalized spacial score (nSPS) is 11.9. The Morgan fingerprint density at radius 1 is 1.09 bits per heavy atom. The number of rotatable bonds is 7. The number of alkyl carbamates (subject to hydrolysis) is 1. The highest BCUT2D eigenvalue weighted by atomic mass is 16.6. The summed E-state index contributed by atoms with van der Waals surface area (Å²) in [6.45, 7) is 6.43. The molecule has 9 heteroatoms. The molecular weight excluding hydrogens is 306 g/mol. The molecule has 0 unspecified atom stereocenters. The maximum atomic E-state index is 11.7. The van der Waals surface area contributed by atoms with Crippen molar-refractivity contribution in [3.8, 4) is 0 Å². The minimum Gasteiger partial charge on any atom is -0.469 e. The van der Waals surface area contributed by atoms with E-state index in [-0.39, 0.29) is 19.5 Å². The van der Waals surface area contributed by atoms with Gasteiger partial charge in [-0.05, 0) is 27.7 Å².